The van der Waals surface area contributed by atoms with Crippen LogP contribution < -0.4 is 16.4 Å². The van der Waals surface area contributed by atoms with Crippen molar-refractivity contribution in [2.75, 3.05) is 18.8 Å². The fourth-order valence-corrected chi connectivity index (χ4v) is 0.960. The summed E-state index contributed by atoms with van der Waals surface area (Å²) in [4.78, 5) is 29.5. The largest absolute Gasteiger partial charge is 0.382 e. The Hall–Kier alpha value is -2.18. The summed E-state index contributed by atoms with van der Waals surface area (Å²) in [6.45, 7) is 2.13. The molecule has 0 unspecified atom stereocenters. The van der Waals surface area contributed by atoms with Gasteiger partial charge in [0.15, 0.2) is 0 Å². The number of anilines is 1. The quantitative estimate of drug-likeness (QED) is 0.563. The number of carbonyl (C=O) groups excluding carboxylic acids is 2. The van der Waals surface area contributed by atoms with Gasteiger partial charge in [-0.15, -0.1) is 0 Å². The van der Waals surface area contributed by atoms with Gasteiger partial charge in [0.2, 0.25) is 5.91 Å². The topological polar surface area (TPSA) is 110 Å². The van der Waals surface area contributed by atoms with Gasteiger partial charge in [-0.1, -0.05) is 0 Å². The lowest BCUT2D eigenvalue weighted by Crippen LogP contribution is -2.34. The van der Waals surface area contributed by atoms with Gasteiger partial charge in [0, 0.05) is 20.0 Å². The van der Waals surface area contributed by atoms with Crippen LogP contribution in [-0.4, -0.2) is 34.9 Å². The van der Waals surface area contributed by atoms with E-state index in [-0.39, 0.29) is 23.3 Å². The molecule has 0 aliphatic heterocycles. The number of hydrogen-bond acceptors (Lipinski definition) is 5. The maximum atomic E-state index is 11.4. The van der Waals surface area contributed by atoms with E-state index in [1.165, 1.54) is 19.3 Å². The van der Waals surface area contributed by atoms with Gasteiger partial charge in [-0.25, -0.2) is 9.97 Å². The van der Waals surface area contributed by atoms with E-state index in [1.807, 2.05) is 0 Å². The lowest BCUT2D eigenvalue weighted by Gasteiger charge is -2.04. The third-order valence-electron chi connectivity index (χ3n) is 1.69. The summed E-state index contributed by atoms with van der Waals surface area (Å²) in [6.07, 6.45) is 2.60. The van der Waals surface area contributed by atoms with E-state index in [0.29, 0.717) is 13.1 Å². The van der Waals surface area contributed by atoms with Gasteiger partial charge in [-0.3, -0.25) is 9.59 Å². The molecule has 1 aromatic heterocycles. The number of nitrogens with one attached hydrogen (secondary N) is 2. The number of hydrogen-bond donors (Lipinski definition) is 3. The van der Waals surface area contributed by atoms with Crippen molar-refractivity contribution in [3.8, 4) is 0 Å². The summed E-state index contributed by atoms with van der Waals surface area (Å²) in [5, 5.41) is 5.13. The molecular weight excluding hydrogens is 210 g/mol. The smallest absolute Gasteiger partial charge is 0.271 e. The zero-order valence-corrected chi connectivity index (χ0v) is 8.86. The highest BCUT2D eigenvalue weighted by molar-refractivity contribution is 5.92. The Balaban J connectivity index is 2.35. The fraction of sp³-hybridized carbons (Fsp3) is 0.333. The van der Waals surface area contributed by atoms with Gasteiger partial charge >= 0.3 is 0 Å². The van der Waals surface area contributed by atoms with E-state index >= 15 is 0 Å². The first-order chi connectivity index (χ1) is 7.59. The number of carbonyl (C=O) groups is 2. The second-order valence-electron chi connectivity index (χ2n) is 3.07. The van der Waals surface area contributed by atoms with Crippen LogP contribution in [0.15, 0.2) is 12.4 Å². The molecule has 2 amide bonds. The average molecular weight is 223 g/mol. The monoisotopic (exact) mass is 223 g/mol. The number of nitrogen functional groups attached to an aromatic ring is 1. The van der Waals surface area contributed by atoms with Crippen molar-refractivity contribution in [1.82, 2.24) is 20.6 Å². The highest BCUT2D eigenvalue weighted by atomic mass is 16.2. The van der Waals surface area contributed by atoms with Crippen molar-refractivity contribution in [3.63, 3.8) is 0 Å². The van der Waals surface area contributed by atoms with E-state index in [4.69, 9.17) is 5.73 Å². The molecule has 1 heterocycles. The predicted molar refractivity (Wildman–Crippen MR) is 57.5 cm³/mol. The average Bonchev–Trinajstić information content (AvgIpc) is 2.25. The van der Waals surface area contributed by atoms with Crippen molar-refractivity contribution in [2.45, 2.75) is 6.92 Å². The standard InChI is InChI=1S/C9H13N5O2/c1-6(15)11-2-3-12-9(16)7-4-14-8(10)5-13-7/h4-5H,2-3H2,1H3,(H2,10,14)(H,11,15)(H,12,16). The van der Waals surface area contributed by atoms with Crippen LogP contribution in [0.25, 0.3) is 0 Å². The third kappa shape index (κ3) is 3.91. The Kier molecular flexibility index (Phi) is 4.19. The molecule has 1 rings (SSSR count). The molecule has 0 atom stereocenters. The van der Waals surface area contributed by atoms with Crippen molar-refractivity contribution in [2.24, 2.45) is 0 Å². The van der Waals surface area contributed by atoms with Crippen LogP contribution in [0.1, 0.15) is 17.4 Å². The first kappa shape index (κ1) is 11.9. The molecule has 86 valence electrons. The first-order valence-electron chi connectivity index (χ1n) is 4.69. The molecule has 7 nitrogen and oxygen atoms in total. The van der Waals surface area contributed by atoms with Crippen LogP contribution in [0.3, 0.4) is 0 Å². The molecule has 0 radical (unpaired) electrons. The third-order valence-corrected chi connectivity index (χ3v) is 1.69. The highest BCUT2D eigenvalue weighted by Crippen LogP contribution is 1.95. The lowest BCUT2D eigenvalue weighted by atomic mass is 10.4. The summed E-state index contributed by atoms with van der Waals surface area (Å²) in [6, 6.07) is 0. The van der Waals surface area contributed by atoms with Gasteiger partial charge in [0.05, 0.1) is 12.4 Å². The minimum absolute atomic E-state index is 0.137. The minimum atomic E-state index is -0.349. The highest BCUT2D eigenvalue weighted by Gasteiger charge is 2.06. The number of amides is 2. The van der Waals surface area contributed by atoms with Crippen molar-refractivity contribution in [3.05, 3.63) is 18.1 Å². The maximum absolute atomic E-state index is 11.4. The van der Waals surface area contributed by atoms with E-state index in [2.05, 4.69) is 20.6 Å². The Morgan fingerprint density at radius 1 is 1.25 bits per heavy atom. The van der Waals surface area contributed by atoms with E-state index in [9.17, 15) is 9.59 Å². The van der Waals surface area contributed by atoms with Crippen LogP contribution in [0, 0.1) is 0 Å². The maximum Gasteiger partial charge on any atom is 0.271 e. The van der Waals surface area contributed by atoms with Gasteiger partial charge in [0.25, 0.3) is 5.91 Å². The van der Waals surface area contributed by atoms with Gasteiger partial charge in [-0.2, -0.15) is 0 Å². The van der Waals surface area contributed by atoms with E-state index in [0.717, 1.165) is 0 Å². The molecule has 4 N–H and O–H groups in total. The molecule has 7 heteroatoms. The van der Waals surface area contributed by atoms with Crippen molar-refractivity contribution in [1.29, 1.82) is 0 Å². The Bertz CT molecular complexity index is 376. The van der Waals surface area contributed by atoms with Gasteiger partial charge in [-0.05, 0) is 0 Å². The van der Waals surface area contributed by atoms with Crippen molar-refractivity contribution >= 4 is 17.6 Å². The summed E-state index contributed by atoms with van der Waals surface area (Å²) >= 11 is 0. The molecule has 0 aliphatic rings. The SMILES string of the molecule is CC(=O)NCCNC(=O)c1cnc(N)cn1. The van der Waals surface area contributed by atoms with Crippen LogP contribution in [-0.2, 0) is 4.79 Å². The van der Waals surface area contributed by atoms with Gasteiger partial charge < -0.3 is 16.4 Å². The molecule has 0 fully saturated rings. The van der Waals surface area contributed by atoms with Crippen LogP contribution >= 0.6 is 0 Å². The van der Waals surface area contributed by atoms with E-state index < -0.39 is 0 Å². The van der Waals surface area contributed by atoms with Gasteiger partial charge in [0.1, 0.15) is 11.5 Å². The Morgan fingerprint density at radius 2 is 1.94 bits per heavy atom. The van der Waals surface area contributed by atoms with Crippen LogP contribution in [0.5, 0.6) is 0 Å². The molecular formula is C9H13N5O2. The second-order valence-corrected chi connectivity index (χ2v) is 3.07. The molecule has 0 saturated heterocycles. The Morgan fingerprint density at radius 3 is 2.50 bits per heavy atom. The first-order valence-corrected chi connectivity index (χ1v) is 4.69. The normalized spacial score (nSPS) is 9.56. The second kappa shape index (κ2) is 5.64. The van der Waals surface area contributed by atoms with Crippen molar-refractivity contribution < 1.29 is 9.59 Å². The van der Waals surface area contributed by atoms with E-state index in [1.54, 1.807) is 0 Å². The molecule has 16 heavy (non-hydrogen) atoms. The zero-order valence-electron chi connectivity index (χ0n) is 8.86. The zero-order chi connectivity index (χ0) is 12.0. The molecule has 0 saturated carbocycles. The number of nitrogens with zero attached hydrogens (tertiary/aromatic N) is 2. The molecule has 0 aromatic carbocycles. The molecule has 0 aliphatic carbocycles. The lowest BCUT2D eigenvalue weighted by molar-refractivity contribution is -0.118. The Labute approximate surface area is 92.5 Å². The van der Waals surface area contributed by atoms with Crippen LogP contribution in [0.2, 0.25) is 0 Å². The summed E-state index contributed by atoms with van der Waals surface area (Å²) < 4.78 is 0. The fourth-order valence-electron chi connectivity index (χ4n) is 0.960. The number of rotatable bonds is 4. The van der Waals surface area contributed by atoms with Crippen LogP contribution in [0.4, 0.5) is 5.82 Å². The number of aromatic nitrogens is 2. The summed E-state index contributed by atoms with van der Waals surface area (Å²) in [7, 11) is 0. The summed E-state index contributed by atoms with van der Waals surface area (Å²) in [5.74, 6) is -0.228. The minimum Gasteiger partial charge on any atom is -0.382 e. The molecule has 1 aromatic rings. The predicted octanol–water partition coefficient (Wildman–Crippen LogP) is -1.08. The molecule has 0 bridgehead atoms. The molecule has 0 spiro atoms. The number of nitrogens with two attached hydrogens (primary N) is 1. The summed E-state index contributed by atoms with van der Waals surface area (Å²) in [5.41, 5.74) is 5.52.